The van der Waals surface area contributed by atoms with Gasteiger partial charge in [-0.1, -0.05) is 12.1 Å². The first-order valence-electron chi connectivity index (χ1n) is 6.78. The first kappa shape index (κ1) is 16.5. The molecule has 0 aliphatic rings. The Labute approximate surface area is 141 Å². The van der Waals surface area contributed by atoms with Gasteiger partial charge in [-0.15, -0.1) is 0 Å². The molecule has 1 aromatic heterocycles. The molecule has 0 aliphatic carbocycles. The fraction of sp³-hybridized carbons (Fsp3) is 0.400. The van der Waals surface area contributed by atoms with Crippen LogP contribution in [0, 0.1) is 6.92 Å². The Morgan fingerprint density at radius 2 is 1.95 bits per heavy atom. The highest BCUT2D eigenvalue weighted by atomic mass is 79.9. The second kappa shape index (κ2) is 7.42. The number of nitrogens with zero attached hydrogens (tertiary/aromatic N) is 1. The van der Waals surface area contributed by atoms with E-state index in [0.29, 0.717) is 12.4 Å². The van der Waals surface area contributed by atoms with Crippen molar-refractivity contribution >= 4 is 31.9 Å². The molecule has 21 heavy (non-hydrogen) atoms. The Balaban J connectivity index is 2.09. The summed E-state index contributed by atoms with van der Waals surface area (Å²) in [7, 11) is 0. The molecule has 2 aromatic rings. The molecule has 0 amide bonds. The highest BCUT2D eigenvalue weighted by Crippen LogP contribution is 2.35. The number of aryl methyl sites for hydroxylation is 1. The summed E-state index contributed by atoms with van der Waals surface area (Å²) in [5.74, 6) is 1.45. The number of aromatic nitrogens is 1. The van der Waals surface area contributed by atoms with Crippen molar-refractivity contribution in [3.8, 4) is 5.75 Å². The van der Waals surface area contributed by atoms with Crippen LogP contribution in [0.3, 0.4) is 0 Å². The minimum atomic E-state index is 0.174. The summed E-state index contributed by atoms with van der Waals surface area (Å²) < 4.78 is 12.7. The molecule has 1 aromatic carbocycles. The summed E-state index contributed by atoms with van der Waals surface area (Å²) in [6.45, 7) is 4.31. The van der Waals surface area contributed by atoms with Crippen molar-refractivity contribution in [3.63, 3.8) is 0 Å². The third-order valence-electron chi connectivity index (χ3n) is 3.12. The fourth-order valence-corrected chi connectivity index (χ4v) is 3.45. The van der Waals surface area contributed by atoms with Gasteiger partial charge < -0.3 is 15.0 Å². The smallest absolute Gasteiger partial charge is 0.174 e. The lowest BCUT2D eigenvalue weighted by atomic mass is 10.0. The molecule has 0 radical (unpaired) electrons. The number of hydrogen-bond donors (Lipinski definition) is 1. The van der Waals surface area contributed by atoms with Crippen LogP contribution < -0.4 is 10.5 Å². The largest absolute Gasteiger partial charge is 0.483 e. The Morgan fingerprint density at radius 3 is 2.48 bits per heavy atom. The summed E-state index contributed by atoms with van der Waals surface area (Å²) in [4.78, 5) is 0. The second-order valence-corrected chi connectivity index (χ2v) is 6.69. The molecule has 1 unspecified atom stereocenters. The van der Waals surface area contributed by atoms with Gasteiger partial charge in [-0.25, -0.2) is 0 Å². The molecule has 0 bridgehead atoms. The van der Waals surface area contributed by atoms with E-state index >= 15 is 0 Å². The van der Waals surface area contributed by atoms with Crippen molar-refractivity contribution in [1.29, 1.82) is 0 Å². The maximum Gasteiger partial charge on any atom is 0.174 e. The number of halogens is 2. The maximum atomic E-state index is 6.00. The van der Waals surface area contributed by atoms with Crippen molar-refractivity contribution < 1.29 is 9.26 Å². The van der Waals surface area contributed by atoms with E-state index in [2.05, 4.69) is 43.9 Å². The first-order chi connectivity index (χ1) is 9.99. The zero-order chi connectivity index (χ0) is 15.4. The van der Waals surface area contributed by atoms with E-state index in [1.165, 1.54) is 5.56 Å². The Morgan fingerprint density at radius 1 is 1.29 bits per heavy atom. The molecule has 0 saturated carbocycles. The van der Waals surface area contributed by atoms with Crippen LogP contribution in [0.2, 0.25) is 0 Å². The lowest BCUT2D eigenvalue weighted by Gasteiger charge is -2.13. The highest BCUT2D eigenvalue weighted by Gasteiger charge is 2.12. The molecule has 0 saturated heterocycles. The number of ether oxygens (including phenoxy) is 1. The van der Waals surface area contributed by atoms with Gasteiger partial charge in [0.05, 0.1) is 14.6 Å². The van der Waals surface area contributed by atoms with Crippen molar-refractivity contribution in [1.82, 2.24) is 5.16 Å². The average molecular weight is 418 g/mol. The highest BCUT2D eigenvalue weighted by molar-refractivity contribution is 9.11. The topological polar surface area (TPSA) is 61.3 Å². The number of rotatable bonds is 6. The van der Waals surface area contributed by atoms with Gasteiger partial charge in [0.25, 0.3) is 0 Å². The number of nitrogens with two attached hydrogens (primary N) is 1. The van der Waals surface area contributed by atoms with Gasteiger partial charge in [0, 0.05) is 12.1 Å². The maximum absolute atomic E-state index is 6.00. The molecule has 0 aliphatic heterocycles. The van der Waals surface area contributed by atoms with Crippen molar-refractivity contribution in [2.75, 3.05) is 0 Å². The van der Waals surface area contributed by atoms with Gasteiger partial charge in [0.2, 0.25) is 0 Å². The van der Waals surface area contributed by atoms with E-state index in [1.807, 2.05) is 25.1 Å². The number of hydrogen-bond acceptors (Lipinski definition) is 4. The SMILES string of the molecule is CCC(N)Cc1cc(Br)c(OCc2cc(C)no2)c(Br)c1. The van der Waals surface area contributed by atoms with E-state index in [1.54, 1.807) is 0 Å². The van der Waals surface area contributed by atoms with E-state index in [9.17, 15) is 0 Å². The van der Waals surface area contributed by atoms with Crippen LogP contribution in [0.1, 0.15) is 30.4 Å². The summed E-state index contributed by atoms with van der Waals surface area (Å²) >= 11 is 7.09. The van der Waals surface area contributed by atoms with Crippen LogP contribution in [0.25, 0.3) is 0 Å². The summed E-state index contributed by atoms with van der Waals surface area (Å²) in [5.41, 5.74) is 8.01. The molecule has 2 rings (SSSR count). The molecule has 0 fully saturated rings. The summed E-state index contributed by atoms with van der Waals surface area (Å²) in [6.07, 6.45) is 1.80. The average Bonchev–Trinajstić information content (AvgIpc) is 2.83. The van der Waals surface area contributed by atoms with Crippen LogP contribution >= 0.6 is 31.9 Å². The molecule has 4 nitrogen and oxygen atoms in total. The first-order valence-corrected chi connectivity index (χ1v) is 8.36. The Kier molecular flexibility index (Phi) is 5.84. The van der Waals surface area contributed by atoms with Gasteiger partial charge in [0.15, 0.2) is 5.76 Å². The normalized spacial score (nSPS) is 12.4. The molecular formula is C15H18Br2N2O2. The van der Waals surface area contributed by atoms with Gasteiger partial charge in [-0.2, -0.15) is 0 Å². The predicted octanol–water partition coefficient (Wildman–Crippen LogP) is 4.37. The molecule has 0 spiro atoms. The molecule has 1 heterocycles. The third-order valence-corrected chi connectivity index (χ3v) is 4.29. The Bertz CT molecular complexity index is 590. The Hall–Kier alpha value is -0.850. The second-order valence-electron chi connectivity index (χ2n) is 4.98. The third kappa shape index (κ3) is 4.56. The lowest BCUT2D eigenvalue weighted by Crippen LogP contribution is -2.21. The van der Waals surface area contributed by atoms with Crippen molar-refractivity contribution in [2.24, 2.45) is 5.73 Å². The minimum absolute atomic E-state index is 0.174. The molecule has 114 valence electrons. The number of benzene rings is 1. The zero-order valence-corrected chi connectivity index (χ0v) is 15.2. The molecule has 2 N–H and O–H groups in total. The zero-order valence-electron chi connectivity index (χ0n) is 12.0. The van der Waals surface area contributed by atoms with Gasteiger partial charge in [-0.05, 0) is 69.3 Å². The van der Waals surface area contributed by atoms with Crippen LogP contribution in [0.5, 0.6) is 5.75 Å². The van der Waals surface area contributed by atoms with Gasteiger partial charge >= 0.3 is 0 Å². The lowest BCUT2D eigenvalue weighted by molar-refractivity contribution is 0.246. The van der Waals surface area contributed by atoms with Crippen LogP contribution in [-0.4, -0.2) is 11.2 Å². The summed E-state index contributed by atoms with van der Waals surface area (Å²) in [6, 6.07) is 6.12. The fourth-order valence-electron chi connectivity index (χ4n) is 1.94. The van der Waals surface area contributed by atoms with E-state index in [4.69, 9.17) is 15.0 Å². The minimum Gasteiger partial charge on any atom is -0.483 e. The van der Waals surface area contributed by atoms with E-state index < -0.39 is 0 Å². The molecular weight excluding hydrogens is 400 g/mol. The predicted molar refractivity (Wildman–Crippen MR) is 89.4 cm³/mol. The summed E-state index contributed by atoms with van der Waals surface area (Å²) in [5, 5.41) is 3.84. The van der Waals surface area contributed by atoms with E-state index in [-0.39, 0.29) is 6.04 Å². The molecule has 1 atom stereocenters. The quantitative estimate of drug-likeness (QED) is 0.757. The van der Waals surface area contributed by atoms with Crippen molar-refractivity contribution in [2.45, 2.75) is 39.3 Å². The van der Waals surface area contributed by atoms with Crippen LogP contribution in [0.15, 0.2) is 31.7 Å². The van der Waals surface area contributed by atoms with Gasteiger partial charge in [-0.3, -0.25) is 0 Å². The van der Waals surface area contributed by atoms with E-state index in [0.717, 1.165) is 33.2 Å². The van der Waals surface area contributed by atoms with Crippen LogP contribution in [0.4, 0.5) is 0 Å². The van der Waals surface area contributed by atoms with Crippen LogP contribution in [-0.2, 0) is 13.0 Å². The van der Waals surface area contributed by atoms with Gasteiger partial charge in [0.1, 0.15) is 12.4 Å². The standard InChI is InChI=1S/C15H18Br2N2O2/c1-3-11(18)5-10-6-13(16)15(14(17)7-10)20-8-12-4-9(2)19-21-12/h4,6-7,11H,3,5,8,18H2,1-2H3. The molecule has 6 heteroatoms. The van der Waals surface area contributed by atoms with Crippen molar-refractivity contribution in [3.05, 3.63) is 44.2 Å². The monoisotopic (exact) mass is 416 g/mol.